The van der Waals surface area contributed by atoms with Gasteiger partial charge in [-0.05, 0) is 43.4 Å². The zero-order valence-corrected chi connectivity index (χ0v) is 13.1. The van der Waals surface area contributed by atoms with Crippen LogP contribution in [-0.4, -0.2) is 25.5 Å². The smallest absolute Gasteiger partial charge is 0.227 e. The van der Waals surface area contributed by atoms with E-state index in [1.807, 2.05) is 18.2 Å². The number of nitrogens with zero attached hydrogens (tertiary/aromatic N) is 1. The van der Waals surface area contributed by atoms with Gasteiger partial charge in [-0.3, -0.25) is 9.59 Å². The van der Waals surface area contributed by atoms with Crippen molar-refractivity contribution >= 4 is 23.2 Å². The number of methoxy groups -OCH3 is 1. The third-order valence-corrected chi connectivity index (χ3v) is 4.51. The molecule has 2 aliphatic rings. The number of amides is 2. The Balaban J connectivity index is 1.82. The number of carbonyl (C=O) groups is 2. The largest absolute Gasteiger partial charge is 0.495 e. The van der Waals surface area contributed by atoms with Gasteiger partial charge in [0.15, 0.2) is 0 Å². The van der Waals surface area contributed by atoms with Crippen molar-refractivity contribution in [1.29, 1.82) is 0 Å². The molecule has 1 saturated carbocycles. The fraction of sp³-hybridized carbons (Fsp3) is 0.529. The summed E-state index contributed by atoms with van der Waals surface area (Å²) in [5, 5.41) is 2.95. The third kappa shape index (κ3) is 2.93. The Kier molecular flexibility index (Phi) is 4.05. The average molecular weight is 302 g/mol. The number of nitrogens with one attached hydrogen (secondary N) is 1. The minimum absolute atomic E-state index is 0.0635. The predicted molar refractivity (Wildman–Crippen MR) is 85.1 cm³/mol. The van der Waals surface area contributed by atoms with Crippen LogP contribution >= 0.6 is 0 Å². The summed E-state index contributed by atoms with van der Waals surface area (Å²) >= 11 is 0. The van der Waals surface area contributed by atoms with Crippen LogP contribution in [0.15, 0.2) is 18.2 Å². The number of benzene rings is 1. The molecular weight excluding hydrogens is 280 g/mol. The SMILES string of the molecule is COc1ccc(NC(=O)[C@@H]2C[C@@H]2C)cc1N1CCCCC1=O. The minimum Gasteiger partial charge on any atom is -0.495 e. The Labute approximate surface area is 130 Å². The third-order valence-electron chi connectivity index (χ3n) is 4.51. The Bertz CT molecular complexity index is 600. The summed E-state index contributed by atoms with van der Waals surface area (Å²) in [6.07, 6.45) is 3.46. The molecule has 0 spiro atoms. The van der Waals surface area contributed by atoms with E-state index in [0.29, 0.717) is 24.6 Å². The van der Waals surface area contributed by atoms with E-state index in [4.69, 9.17) is 4.74 Å². The van der Waals surface area contributed by atoms with Gasteiger partial charge in [0.05, 0.1) is 12.8 Å². The number of carbonyl (C=O) groups excluding carboxylic acids is 2. The average Bonchev–Trinajstić information content (AvgIpc) is 3.25. The van der Waals surface area contributed by atoms with Crippen molar-refractivity contribution in [2.45, 2.75) is 32.6 Å². The second-order valence-electron chi connectivity index (χ2n) is 6.20. The van der Waals surface area contributed by atoms with Gasteiger partial charge in [0.25, 0.3) is 0 Å². The number of hydrogen-bond donors (Lipinski definition) is 1. The maximum absolute atomic E-state index is 12.1. The molecule has 5 nitrogen and oxygen atoms in total. The van der Waals surface area contributed by atoms with Crippen LogP contribution in [0.3, 0.4) is 0 Å². The van der Waals surface area contributed by atoms with Crippen molar-refractivity contribution in [3.05, 3.63) is 18.2 Å². The topological polar surface area (TPSA) is 58.6 Å². The highest BCUT2D eigenvalue weighted by molar-refractivity contribution is 5.98. The Morgan fingerprint density at radius 3 is 2.77 bits per heavy atom. The molecular formula is C17H22N2O3. The van der Waals surface area contributed by atoms with Crippen LogP contribution < -0.4 is 15.0 Å². The van der Waals surface area contributed by atoms with E-state index in [1.165, 1.54) is 0 Å². The minimum atomic E-state index is 0.0635. The summed E-state index contributed by atoms with van der Waals surface area (Å²) in [6.45, 7) is 2.78. The number of anilines is 2. The second-order valence-corrected chi connectivity index (χ2v) is 6.20. The zero-order valence-electron chi connectivity index (χ0n) is 13.1. The Morgan fingerprint density at radius 1 is 1.36 bits per heavy atom. The molecule has 22 heavy (non-hydrogen) atoms. The lowest BCUT2D eigenvalue weighted by Gasteiger charge is -2.28. The molecule has 1 aliphatic heterocycles. The zero-order chi connectivity index (χ0) is 15.7. The summed E-state index contributed by atoms with van der Waals surface area (Å²) in [6, 6.07) is 5.47. The van der Waals surface area contributed by atoms with Gasteiger partial charge in [0.1, 0.15) is 5.75 Å². The molecule has 1 saturated heterocycles. The van der Waals surface area contributed by atoms with Gasteiger partial charge in [-0.1, -0.05) is 6.92 Å². The summed E-state index contributed by atoms with van der Waals surface area (Å²) in [5.74, 6) is 1.44. The molecule has 1 aliphatic carbocycles. The van der Waals surface area contributed by atoms with Crippen LogP contribution in [0.2, 0.25) is 0 Å². The monoisotopic (exact) mass is 302 g/mol. The van der Waals surface area contributed by atoms with E-state index < -0.39 is 0 Å². The Morgan fingerprint density at radius 2 is 2.14 bits per heavy atom. The molecule has 2 amide bonds. The molecule has 118 valence electrons. The number of rotatable bonds is 4. The molecule has 0 bridgehead atoms. The molecule has 1 aromatic carbocycles. The molecule has 1 heterocycles. The van der Waals surface area contributed by atoms with Crippen molar-refractivity contribution in [1.82, 2.24) is 0 Å². The number of piperidine rings is 1. The van der Waals surface area contributed by atoms with E-state index in [1.54, 1.807) is 12.0 Å². The second kappa shape index (κ2) is 5.99. The first-order valence-electron chi connectivity index (χ1n) is 7.89. The highest BCUT2D eigenvalue weighted by atomic mass is 16.5. The van der Waals surface area contributed by atoms with Crippen LogP contribution in [0.4, 0.5) is 11.4 Å². The highest BCUT2D eigenvalue weighted by Crippen LogP contribution is 2.39. The van der Waals surface area contributed by atoms with E-state index in [-0.39, 0.29) is 17.7 Å². The van der Waals surface area contributed by atoms with Gasteiger partial charge < -0.3 is 15.0 Å². The van der Waals surface area contributed by atoms with E-state index in [0.717, 1.165) is 30.6 Å². The predicted octanol–water partition coefficient (Wildman–Crippen LogP) is 2.81. The molecule has 1 N–H and O–H groups in total. The van der Waals surface area contributed by atoms with Crippen molar-refractivity contribution in [3.8, 4) is 5.75 Å². The van der Waals surface area contributed by atoms with Crippen LogP contribution in [0.25, 0.3) is 0 Å². The van der Waals surface area contributed by atoms with E-state index >= 15 is 0 Å². The molecule has 2 fully saturated rings. The van der Waals surface area contributed by atoms with Gasteiger partial charge in [-0.25, -0.2) is 0 Å². The summed E-state index contributed by atoms with van der Waals surface area (Å²) < 4.78 is 5.38. The lowest BCUT2D eigenvalue weighted by Crippen LogP contribution is -2.35. The summed E-state index contributed by atoms with van der Waals surface area (Å²) in [7, 11) is 1.59. The van der Waals surface area contributed by atoms with Crippen LogP contribution in [0.1, 0.15) is 32.6 Å². The van der Waals surface area contributed by atoms with Crippen LogP contribution in [0.5, 0.6) is 5.75 Å². The first kappa shape index (κ1) is 14.9. The van der Waals surface area contributed by atoms with Crippen molar-refractivity contribution in [2.75, 3.05) is 23.9 Å². The van der Waals surface area contributed by atoms with Gasteiger partial charge in [-0.15, -0.1) is 0 Å². The lowest BCUT2D eigenvalue weighted by atomic mass is 10.1. The van der Waals surface area contributed by atoms with Gasteiger partial charge in [0, 0.05) is 24.6 Å². The fourth-order valence-electron chi connectivity index (χ4n) is 2.96. The summed E-state index contributed by atoms with van der Waals surface area (Å²) in [4.78, 5) is 26.0. The Hall–Kier alpha value is -2.04. The van der Waals surface area contributed by atoms with Gasteiger partial charge in [-0.2, -0.15) is 0 Å². The van der Waals surface area contributed by atoms with Crippen LogP contribution in [0, 0.1) is 11.8 Å². The molecule has 1 aromatic rings. The molecule has 5 heteroatoms. The van der Waals surface area contributed by atoms with Crippen LogP contribution in [-0.2, 0) is 9.59 Å². The standard InChI is InChI=1S/C17H22N2O3/c1-11-9-13(11)17(21)18-12-6-7-15(22-2)14(10-12)19-8-4-3-5-16(19)20/h6-7,10-11,13H,3-5,8-9H2,1-2H3,(H,18,21)/t11-,13+/m0/s1. The maximum atomic E-state index is 12.1. The highest BCUT2D eigenvalue weighted by Gasteiger charge is 2.39. The molecule has 0 aromatic heterocycles. The first-order valence-corrected chi connectivity index (χ1v) is 7.89. The lowest BCUT2D eigenvalue weighted by molar-refractivity contribution is -0.119. The van der Waals surface area contributed by atoms with E-state index in [9.17, 15) is 9.59 Å². The summed E-state index contributed by atoms with van der Waals surface area (Å²) in [5.41, 5.74) is 1.46. The normalized spacial score (nSPS) is 24.1. The van der Waals surface area contributed by atoms with Gasteiger partial charge in [0.2, 0.25) is 11.8 Å². The quantitative estimate of drug-likeness (QED) is 0.930. The molecule has 0 radical (unpaired) electrons. The van der Waals surface area contributed by atoms with Crippen molar-refractivity contribution in [3.63, 3.8) is 0 Å². The number of ether oxygens (including phenoxy) is 1. The number of hydrogen-bond acceptors (Lipinski definition) is 3. The van der Waals surface area contributed by atoms with Gasteiger partial charge >= 0.3 is 0 Å². The first-order chi connectivity index (χ1) is 10.6. The van der Waals surface area contributed by atoms with Crippen molar-refractivity contribution < 1.29 is 14.3 Å². The maximum Gasteiger partial charge on any atom is 0.227 e. The van der Waals surface area contributed by atoms with E-state index in [2.05, 4.69) is 12.2 Å². The fourth-order valence-corrected chi connectivity index (χ4v) is 2.96. The molecule has 3 rings (SSSR count). The molecule has 0 unspecified atom stereocenters. The molecule has 2 atom stereocenters. The van der Waals surface area contributed by atoms with Crippen molar-refractivity contribution in [2.24, 2.45) is 11.8 Å².